The van der Waals surface area contributed by atoms with E-state index in [0.717, 1.165) is 0 Å². The lowest BCUT2D eigenvalue weighted by Gasteiger charge is -2.39. The fraction of sp³-hybridized carbons (Fsp3) is 0.562. The highest BCUT2D eigenvalue weighted by atomic mass is 19.1. The third-order valence-corrected chi connectivity index (χ3v) is 3.54. The lowest BCUT2D eigenvalue weighted by atomic mass is 9.70. The molecule has 2 rings (SSSR count). The van der Waals surface area contributed by atoms with Crippen molar-refractivity contribution >= 4 is 17.7 Å². The summed E-state index contributed by atoms with van der Waals surface area (Å²) in [4.78, 5) is 27.1. The van der Waals surface area contributed by atoms with E-state index in [2.05, 4.69) is 15.0 Å². The van der Waals surface area contributed by atoms with Crippen LogP contribution in [-0.2, 0) is 19.9 Å². The van der Waals surface area contributed by atoms with Crippen LogP contribution in [0, 0.1) is 5.92 Å². The summed E-state index contributed by atoms with van der Waals surface area (Å²) in [6.07, 6.45) is 0.851. The molecule has 1 aromatic heterocycles. The number of ether oxygens (including phenoxy) is 2. The molecule has 6 nitrogen and oxygen atoms in total. The topological polar surface area (TPSA) is 77.5 Å². The molecule has 1 amide bonds. The first kappa shape index (κ1) is 17.2. The van der Waals surface area contributed by atoms with Gasteiger partial charge in [0.2, 0.25) is 0 Å². The maximum Gasteiger partial charge on any atom is 0.412 e. The molecule has 0 aliphatic heterocycles. The van der Waals surface area contributed by atoms with Crippen LogP contribution in [0.15, 0.2) is 18.3 Å². The predicted molar refractivity (Wildman–Crippen MR) is 81.6 cm³/mol. The summed E-state index contributed by atoms with van der Waals surface area (Å²) in [6.45, 7) is 5.26. The molecule has 1 heterocycles. The highest BCUT2D eigenvalue weighted by Gasteiger charge is 2.51. The summed E-state index contributed by atoms with van der Waals surface area (Å²) >= 11 is 0. The Morgan fingerprint density at radius 3 is 2.61 bits per heavy atom. The number of nitrogens with zero attached hydrogens (tertiary/aromatic N) is 1. The van der Waals surface area contributed by atoms with E-state index < -0.39 is 29.3 Å². The number of aromatic nitrogens is 1. The Kier molecular flexibility index (Phi) is 4.58. The molecule has 1 N–H and O–H groups in total. The molecule has 0 atom stereocenters. The van der Waals surface area contributed by atoms with Crippen LogP contribution >= 0.6 is 0 Å². The van der Waals surface area contributed by atoms with E-state index in [-0.39, 0.29) is 18.5 Å². The number of pyridine rings is 1. The standard InChI is InChI=1S/C16H21FN2O4/c1-15(2,3)23-14(21)19-11-5-6-18-12(7-11)16(17)8-10(9-16)13(20)22-4/h5-7,10H,8-9H2,1-4H3,(H,18,19,21). The average molecular weight is 324 g/mol. The third-order valence-electron chi connectivity index (χ3n) is 3.54. The van der Waals surface area contributed by atoms with Gasteiger partial charge in [-0.05, 0) is 32.9 Å². The Labute approximate surface area is 134 Å². The zero-order valence-electron chi connectivity index (χ0n) is 13.7. The fourth-order valence-corrected chi connectivity index (χ4v) is 2.44. The van der Waals surface area contributed by atoms with Crippen molar-refractivity contribution in [2.75, 3.05) is 12.4 Å². The summed E-state index contributed by atoms with van der Waals surface area (Å²) in [6, 6.07) is 3.00. The smallest absolute Gasteiger partial charge is 0.412 e. The number of amides is 1. The van der Waals surface area contributed by atoms with Gasteiger partial charge in [0.05, 0.1) is 18.7 Å². The molecule has 0 saturated heterocycles. The molecule has 0 unspecified atom stereocenters. The molecule has 0 bridgehead atoms. The SMILES string of the molecule is COC(=O)C1CC(F)(c2cc(NC(=O)OC(C)(C)C)ccn2)C1. The lowest BCUT2D eigenvalue weighted by Crippen LogP contribution is -2.42. The molecule has 1 aromatic rings. The maximum atomic E-state index is 14.8. The molecule has 126 valence electrons. The fourth-order valence-electron chi connectivity index (χ4n) is 2.44. The van der Waals surface area contributed by atoms with Crippen molar-refractivity contribution < 1.29 is 23.5 Å². The second kappa shape index (κ2) is 6.14. The van der Waals surface area contributed by atoms with E-state index >= 15 is 0 Å². The Morgan fingerprint density at radius 1 is 1.39 bits per heavy atom. The van der Waals surface area contributed by atoms with Crippen LogP contribution in [0.5, 0.6) is 0 Å². The zero-order valence-corrected chi connectivity index (χ0v) is 13.7. The van der Waals surface area contributed by atoms with E-state index in [1.165, 1.54) is 19.4 Å². The largest absolute Gasteiger partial charge is 0.469 e. The van der Waals surface area contributed by atoms with Crippen molar-refractivity contribution in [3.8, 4) is 0 Å². The third kappa shape index (κ3) is 4.18. The van der Waals surface area contributed by atoms with Crippen LogP contribution < -0.4 is 5.32 Å². The van der Waals surface area contributed by atoms with Gasteiger partial charge in [0.15, 0.2) is 5.67 Å². The van der Waals surface area contributed by atoms with Crippen LogP contribution in [0.25, 0.3) is 0 Å². The Bertz CT molecular complexity index is 606. The quantitative estimate of drug-likeness (QED) is 0.864. The van der Waals surface area contributed by atoms with Gasteiger partial charge >= 0.3 is 12.1 Å². The highest BCUT2D eigenvalue weighted by molar-refractivity contribution is 5.84. The van der Waals surface area contributed by atoms with Crippen LogP contribution in [0.1, 0.15) is 39.3 Å². The Balaban J connectivity index is 2.03. The summed E-state index contributed by atoms with van der Waals surface area (Å²) in [5.41, 5.74) is -1.72. The van der Waals surface area contributed by atoms with Gasteiger partial charge in [0.1, 0.15) is 5.60 Å². The summed E-state index contributed by atoms with van der Waals surface area (Å²) in [5.74, 6) is -0.865. The number of rotatable bonds is 3. The van der Waals surface area contributed by atoms with E-state index in [1.54, 1.807) is 26.8 Å². The van der Waals surface area contributed by atoms with Gasteiger partial charge in [0.25, 0.3) is 0 Å². The molecule has 7 heteroatoms. The molecule has 1 fully saturated rings. The monoisotopic (exact) mass is 324 g/mol. The number of methoxy groups -OCH3 is 1. The predicted octanol–water partition coefficient (Wildman–Crippen LogP) is 3.18. The number of hydrogen-bond donors (Lipinski definition) is 1. The molecule has 1 saturated carbocycles. The van der Waals surface area contributed by atoms with E-state index in [1.807, 2.05) is 0 Å². The minimum atomic E-state index is -1.68. The van der Waals surface area contributed by atoms with E-state index in [0.29, 0.717) is 5.69 Å². The van der Waals surface area contributed by atoms with Crippen molar-refractivity contribution in [2.45, 2.75) is 44.9 Å². The Morgan fingerprint density at radius 2 is 2.04 bits per heavy atom. The number of carbonyl (C=O) groups excluding carboxylic acids is 2. The first-order chi connectivity index (χ1) is 10.6. The normalized spacial score (nSPS) is 23.6. The summed E-state index contributed by atoms with van der Waals surface area (Å²) < 4.78 is 24.5. The van der Waals surface area contributed by atoms with Gasteiger partial charge in [-0.25, -0.2) is 9.18 Å². The number of esters is 1. The number of halogens is 1. The van der Waals surface area contributed by atoms with Gasteiger partial charge in [-0.1, -0.05) is 0 Å². The van der Waals surface area contributed by atoms with Gasteiger partial charge in [-0.2, -0.15) is 0 Å². The van der Waals surface area contributed by atoms with E-state index in [9.17, 15) is 14.0 Å². The Hall–Kier alpha value is -2.18. The molecule has 0 aromatic carbocycles. The van der Waals surface area contributed by atoms with Crippen molar-refractivity contribution in [3.05, 3.63) is 24.0 Å². The number of anilines is 1. The number of alkyl halides is 1. The average Bonchev–Trinajstić information content (AvgIpc) is 2.41. The van der Waals surface area contributed by atoms with E-state index in [4.69, 9.17) is 4.74 Å². The van der Waals surface area contributed by atoms with Crippen LogP contribution in [0.3, 0.4) is 0 Å². The highest BCUT2D eigenvalue weighted by Crippen LogP contribution is 2.49. The lowest BCUT2D eigenvalue weighted by molar-refractivity contribution is -0.156. The molecular formula is C16H21FN2O4. The molecule has 1 aliphatic carbocycles. The van der Waals surface area contributed by atoms with Crippen molar-refractivity contribution in [3.63, 3.8) is 0 Å². The van der Waals surface area contributed by atoms with Crippen LogP contribution in [-0.4, -0.2) is 29.8 Å². The number of carbonyl (C=O) groups is 2. The van der Waals surface area contributed by atoms with Gasteiger partial charge in [0, 0.05) is 24.7 Å². The first-order valence-corrected chi connectivity index (χ1v) is 7.36. The number of nitrogens with one attached hydrogen (secondary N) is 1. The molecule has 23 heavy (non-hydrogen) atoms. The molecule has 0 spiro atoms. The van der Waals surface area contributed by atoms with Crippen LogP contribution in [0.4, 0.5) is 14.9 Å². The maximum absolute atomic E-state index is 14.8. The number of hydrogen-bond acceptors (Lipinski definition) is 5. The van der Waals surface area contributed by atoms with Crippen molar-refractivity contribution in [1.29, 1.82) is 0 Å². The zero-order chi connectivity index (χ0) is 17.3. The minimum Gasteiger partial charge on any atom is -0.469 e. The van der Waals surface area contributed by atoms with Crippen molar-refractivity contribution in [1.82, 2.24) is 4.98 Å². The first-order valence-electron chi connectivity index (χ1n) is 7.36. The molecule has 0 radical (unpaired) electrons. The van der Waals surface area contributed by atoms with Crippen molar-refractivity contribution in [2.24, 2.45) is 5.92 Å². The van der Waals surface area contributed by atoms with Gasteiger partial charge in [-0.15, -0.1) is 0 Å². The summed E-state index contributed by atoms with van der Waals surface area (Å²) in [5, 5.41) is 2.54. The van der Waals surface area contributed by atoms with Gasteiger partial charge in [-0.3, -0.25) is 15.1 Å². The minimum absolute atomic E-state index is 0.0303. The van der Waals surface area contributed by atoms with Gasteiger partial charge < -0.3 is 9.47 Å². The van der Waals surface area contributed by atoms with Crippen LogP contribution in [0.2, 0.25) is 0 Å². The molecular weight excluding hydrogens is 303 g/mol. The second-order valence-corrected chi connectivity index (χ2v) is 6.65. The molecule has 1 aliphatic rings. The summed E-state index contributed by atoms with van der Waals surface area (Å²) in [7, 11) is 1.28. The second-order valence-electron chi connectivity index (χ2n) is 6.65.